The molecule has 1 atom stereocenters. The molecular weight excluding hydrogens is 432 g/mol. The van der Waals surface area contributed by atoms with Gasteiger partial charge in [-0.3, -0.25) is 14.3 Å². The molecule has 0 bridgehead atoms. The minimum Gasteiger partial charge on any atom is -0.364 e. The Bertz CT molecular complexity index is 1170. The molecule has 4 rings (SSSR count). The Morgan fingerprint density at radius 3 is 2.59 bits per heavy atom. The van der Waals surface area contributed by atoms with E-state index in [2.05, 4.69) is 44.4 Å². The fraction of sp³-hybridized carbons (Fsp3) is 0.375. The van der Waals surface area contributed by atoms with Crippen LogP contribution in [0.25, 0.3) is 0 Å². The summed E-state index contributed by atoms with van der Waals surface area (Å²) >= 11 is 0. The van der Waals surface area contributed by atoms with Gasteiger partial charge < -0.3 is 21.3 Å². The van der Waals surface area contributed by atoms with Gasteiger partial charge in [0, 0.05) is 37.9 Å². The van der Waals surface area contributed by atoms with Crippen LogP contribution in [0.4, 0.5) is 17.3 Å². The van der Waals surface area contributed by atoms with Crippen LogP contribution in [0.1, 0.15) is 59.0 Å². The van der Waals surface area contributed by atoms with Crippen LogP contribution in [0, 0.1) is 0 Å². The number of nitrogens with one attached hydrogen (secondary N) is 2. The second-order valence-corrected chi connectivity index (χ2v) is 8.85. The number of carbonyl (C=O) groups is 2. The van der Waals surface area contributed by atoms with Crippen LogP contribution in [0.2, 0.25) is 0 Å². The summed E-state index contributed by atoms with van der Waals surface area (Å²) < 4.78 is 1.64. The van der Waals surface area contributed by atoms with E-state index in [0.29, 0.717) is 29.5 Å². The van der Waals surface area contributed by atoms with Crippen molar-refractivity contribution in [3.05, 3.63) is 59.7 Å². The normalized spacial score (nSPS) is 15.9. The third kappa shape index (κ3) is 5.33. The summed E-state index contributed by atoms with van der Waals surface area (Å²) in [5, 5.41) is 10.3. The summed E-state index contributed by atoms with van der Waals surface area (Å²) in [6.07, 6.45) is 6.70. The number of carbonyl (C=O) groups excluding carboxylic acids is 2. The highest BCUT2D eigenvalue weighted by molar-refractivity contribution is 5.96. The van der Waals surface area contributed by atoms with Gasteiger partial charge in [-0.2, -0.15) is 5.10 Å². The Hall–Kier alpha value is -3.95. The molecule has 1 unspecified atom stereocenters. The smallest absolute Gasteiger partial charge is 0.271 e. The van der Waals surface area contributed by atoms with Gasteiger partial charge in [-0.15, -0.1) is 0 Å². The number of primary amides is 1. The average molecular weight is 463 g/mol. The summed E-state index contributed by atoms with van der Waals surface area (Å²) in [7, 11) is 1.79. The molecule has 3 heterocycles. The van der Waals surface area contributed by atoms with Crippen LogP contribution >= 0.6 is 0 Å². The van der Waals surface area contributed by atoms with Gasteiger partial charge in [0.05, 0.1) is 18.1 Å². The number of amides is 2. The number of benzene rings is 1. The second kappa shape index (κ2) is 9.90. The maximum Gasteiger partial charge on any atom is 0.271 e. The maximum absolute atomic E-state index is 12.8. The van der Waals surface area contributed by atoms with E-state index in [1.165, 1.54) is 5.56 Å². The van der Waals surface area contributed by atoms with E-state index in [0.717, 1.165) is 19.4 Å². The number of hydrogen-bond acceptors (Lipinski definition) is 7. The van der Waals surface area contributed by atoms with Gasteiger partial charge in [0.2, 0.25) is 0 Å². The standard InChI is InChI=1S/C24H30N8O2/c1-15(2)16-6-8-17(9-7-16)24(34)29-18-5-4-10-32(14-18)20-12-26-21(22(25)33)23(30-20)28-19-11-27-31(3)13-19/h6-9,11-13,15,18H,4-5,10,14H2,1-3H3,(H2,25,33)(H,28,30)(H,29,34). The summed E-state index contributed by atoms with van der Waals surface area (Å²) in [5.74, 6) is 0.545. The minimum atomic E-state index is -0.669. The summed E-state index contributed by atoms with van der Waals surface area (Å²) in [5.41, 5.74) is 8.07. The first kappa shape index (κ1) is 23.2. The number of aromatic nitrogens is 4. The molecule has 1 aliphatic heterocycles. The Balaban J connectivity index is 1.47. The van der Waals surface area contributed by atoms with Crippen molar-refractivity contribution in [1.29, 1.82) is 0 Å². The van der Waals surface area contributed by atoms with Gasteiger partial charge in [0.25, 0.3) is 11.8 Å². The topological polar surface area (TPSA) is 131 Å². The molecule has 178 valence electrons. The number of nitrogens with zero attached hydrogens (tertiary/aromatic N) is 5. The van der Waals surface area contributed by atoms with Crippen molar-refractivity contribution in [3.63, 3.8) is 0 Å². The molecule has 0 aliphatic carbocycles. The van der Waals surface area contributed by atoms with E-state index in [-0.39, 0.29) is 23.5 Å². The quantitative estimate of drug-likeness (QED) is 0.492. The first-order chi connectivity index (χ1) is 16.3. The number of anilines is 3. The minimum absolute atomic E-state index is 0.0293. The fourth-order valence-electron chi connectivity index (χ4n) is 4.01. The van der Waals surface area contributed by atoms with Gasteiger partial charge in [0.15, 0.2) is 11.5 Å². The molecule has 0 saturated carbocycles. The van der Waals surface area contributed by atoms with Gasteiger partial charge >= 0.3 is 0 Å². The lowest BCUT2D eigenvalue weighted by molar-refractivity contribution is 0.0932. The fourth-order valence-corrected chi connectivity index (χ4v) is 4.01. The van der Waals surface area contributed by atoms with Crippen molar-refractivity contribution in [3.8, 4) is 0 Å². The Kier molecular flexibility index (Phi) is 6.76. The third-order valence-electron chi connectivity index (χ3n) is 5.88. The molecule has 2 aromatic heterocycles. The molecule has 34 heavy (non-hydrogen) atoms. The van der Waals surface area contributed by atoms with E-state index in [1.54, 1.807) is 30.3 Å². The predicted octanol–water partition coefficient (Wildman–Crippen LogP) is 2.57. The van der Waals surface area contributed by atoms with Crippen LogP contribution in [0.3, 0.4) is 0 Å². The van der Waals surface area contributed by atoms with E-state index in [4.69, 9.17) is 5.73 Å². The zero-order chi connectivity index (χ0) is 24.2. The van der Waals surface area contributed by atoms with Gasteiger partial charge in [-0.1, -0.05) is 26.0 Å². The van der Waals surface area contributed by atoms with Crippen LogP contribution in [0.15, 0.2) is 42.9 Å². The Morgan fingerprint density at radius 1 is 1.18 bits per heavy atom. The molecule has 1 aromatic carbocycles. The molecule has 1 saturated heterocycles. The molecule has 0 radical (unpaired) electrons. The summed E-state index contributed by atoms with van der Waals surface area (Å²) in [6.45, 7) is 5.61. The molecule has 10 nitrogen and oxygen atoms in total. The zero-order valence-corrected chi connectivity index (χ0v) is 19.7. The van der Waals surface area contributed by atoms with Crippen molar-refractivity contribution in [2.75, 3.05) is 23.3 Å². The van der Waals surface area contributed by atoms with E-state index < -0.39 is 5.91 Å². The van der Waals surface area contributed by atoms with Gasteiger partial charge in [-0.25, -0.2) is 9.97 Å². The lowest BCUT2D eigenvalue weighted by atomic mass is 10.0. The highest BCUT2D eigenvalue weighted by Gasteiger charge is 2.24. The number of rotatable bonds is 7. The second-order valence-electron chi connectivity index (χ2n) is 8.85. The lowest BCUT2D eigenvalue weighted by Crippen LogP contribution is -2.48. The van der Waals surface area contributed by atoms with E-state index in [9.17, 15) is 9.59 Å². The van der Waals surface area contributed by atoms with Crippen molar-refractivity contribution < 1.29 is 9.59 Å². The van der Waals surface area contributed by atoms with Gasteiger partial charge in [-0.05, 0) is 36.5 Å². The maximum atomic E-state index is 12.8. The zero-order valence-electron chi connectivity index (χ0n) is 19.7. The van der Waals surface area contributed by atoms with Crippen molar-refractivity contribution in [2.45, 2.75) is 38.6 Å². The molecule has 1 fully saturated rings. The summed E-state index contributed by atoms with van der Waals surface area (Å²) in [6, 6.07) is 7.71. The molecule has 0 spiro atoms. The Morgan fingerprint density at radius 2 is 1.94 bits per heavy atom. The molecule has 4 N–H and O–H groups in total. The average Bonchev–Trinajstić information content (AvgIpc) is 3.23. The molecule has 1 aliphatic rings. The molecule has 3 aromatic rings. The van der Waals surface area contributed by atoms with Crippen LogP contribution in [0.5, 0.6) is 0 Å². The van der Waals surface area contributed by atoms with E-state index in [1.807, 2.05) is 24.3 Å². The number of nitrogens with two attached hydrogens (primary N) is 1. The number of piperidine rings is 1. The monoisotopic (exact) mass is 462 g/mol. The first-order valence-corrected chi connectivity index (χ1v) is 11.4. The molecule has 10 heteroatoms. The van der Waals surface area contributed by atoms with Crippen LogP contribution < -0.4 is 21.3 Å². The van der Waals surface area contributed by atoms with Gasteiger partial charge in [0.1, 0.15) is 5.82 Å². The highest BCUT2D eigenvalue weighted by atomic mass is 16.2. The highest BCUT2D eigenvalue weighted by Crippen LogP contribution is 2.23. The SMILES string of the molecule is CC(C)c1ccc(C(=O)NC2CCCN(c3cnc(C(N)=O)c(Nc4cnn(C)c4)n3)C2)cc1. The lowest BCUT2D eigenvalue weighted by Gasteiger charge is -2.34. The largest absolute Gasteiger partial charge is 0.364 e. The van der Waals surface area contributed by atoms with Crippen LogP contribution in [-0.4, -0.2) is 50.7 Å². The van der Waals surface area contributed by atoms with Crippen molar-refractivity contribution in [2.24, 2.45) is 12.8 Å². The number of hydrogen-bond donors (Lipinski definition) is 3. The summed E-state index contributed by atoms with van der Waals surface area (Å²) in [4.78, 5) is 35.6. The molecule has 2 amide bonds. The predicted molar refractivity (Wildman–Crippen MR) is 130 cm³/mol. The number of aryl methyl sites for hydroxylation is 1. The Labute approximate surface area is 198 Å². The van der Waals surface area contributed by atoms with Crippen molar-refractivity contribution in [1.82, 2.24) is 25.1 Å². The third-order valence-corrected chi connectivity index (χ3v) is 5.88. The van der Waals surface area contributed by atoms with E-state index >= 15 is 0 Å². The first-order valence-electron chi connectivity index (χ1n) is 11.4. The van der Waals surface area contributed by atoms with Crippen molar-refractivity contribution >= 4 is 29.1 Å². The van der Waals surface area contributed by atoms with Crippen LogP contribution in [-0.2, 0) is 7.05 Å². The molecular formula is C24H30N8O2.